The van der Waals surface area contributed by atoms with E-state index in [1.807, 2.05) is 12.3 Å². The SMILES string of the molecule is C=CCn1c(SCc2nc(C(=O)Nc3ccc(F)cc3)co2)nc2scc(C)c2c1=O. The highest BCUT2D eigenvalue weighted by Gasteiger charge is 2.17. The maximum atomic E-state index is 13.0. The Kier molecular flexibility index (Phi) is 6.01. The Bertz CT molecular complexity index is 1320. The molecule has 0 saturated carbocycles. The molecule has 0 aliphatic carbocycles. The minimum absolute atomic E-state index is 0.0979. The summed E-state index contributed by atoms with van der Waals surface area (Å²) >= 11 is 2.71. The highest BCUT2D eigenvalue weighted by Crippen LogP contribution is 2.26. The number of benzene rings is 1. The molecule has 0 unspecified atom stereocenters. The molecule has 0 aliphatic heterocycles. The van der Waals surface area contributed by atoms with Crippen LogP contribution in [0.25, 0.3) is 10.2 Å². The number of carbonyl (C=O) groups is 1. The minimum Gasteiger partial charge on any atom is -0.447 e. The average molecular weight is 457 g/mol. The van der Waals surface area contributed by atoms with Gasteiger partial charge in [-0.25, -0.2) is 14.4 Å². The molecule has 1 amide bonds. The van der Waals surface area contributed by atoms with Gasteiger partial charge < -0.3 is 9.73 Å². The molecule has 3 aromatic heterocycles. The number of thiophene rings is 1. The second-order valence-corrected chi connectivity index (χ2v) is 8.37. The Morgan fingerprint density at radius 1 is 1.35 bits per heavy atom. The summed E-state index contributed by atoms with van der Waals surface area (Å²) in [4.78, 5) is 34.7. The van der Waals surface area contributed by atoms with Gasteiger partial charge in [0.25, 0.3) is 11.5 Å². The predicted octanol–water partition coefficient (Wildman–Crippen LogP) is 4.62. The first-order valence-electron chi connectivity index (χ1n) is 9.20. The molecule has 158 valence electrons. The molecule has 7 nitrogen and oxygen atoms in total. The molecular weight excluding hydrogens is 439 g/mol. The van der Waals surface area contributed by atoms with Crippen LogP contribution in [-0.4, -0.2) is 20.4 Å². The number of nitrogens with zero attached hydrogens (tertiary/aromatic N) is 3. The number of rotatable bonds is 7. The largest absolute Gasteiger partial charge is 0.447 e. The van der Waals surface area contributed by atoms with E-state index in [-0.39, 0.29) is 17.0 Å². The summed E-state index contributed by atoms with van der Waals surface area (Å²) in [5, 5.41) is 5.68. The van der Waals surface area contributed by atoms with Crippen molar-refractivity contribution in [2.24, 2.45) is 0 Å². The van der Waals surface area contributed by atoms with E-state index in [4.69, 9.17) is 4.42 Å². The summed E-state index contributed by atoms with van der Waals surface area (Å²) < 4.78 is 20.0. The fraction of sp³-hybridized carbons (Fsp3) is 0.143. The smallest absolute Gasteiger partial charge is 0.277 e. The number of oxazole rings is 1. The standard InChI is InChI=1S/C21H17FN4O3S2/c1-3-8-26-20(28)17-12(2)10-30-19(17)25-21(26)31-11-16-24-15(9-29-16)18(27)23-14-6-4-13(22)5-7-14/h3-7,9-10H,1,8,11H2,2H3,(H,23,27). The van der Waals surface area contributed by atoms with E-state index < -0.39 is 11.7 Å². The van der Waals surface area contributed by atoms with Gasteiger partial charge in [0.05, 0.1) is 11.1 Å². The van der Waals surface area contributed by atoms with Crippen molar-refractivity contribution in [1.82, 2.24) is 14.5 Å². The molecule has 0 spiro atoms. The van der Waals surface area contributed by atoms with Crippen molar-refractivity contribution in [1.29, 1.82) is 0 Å². The number of allylic oxidation sites excluding steroid dienone is 1. The predicted molar refractivity (Wildman–Crippen MR) is 119 cm³/mol. The Hall–Kier alpha value is -3.24. The summed E-state index contributed by atoms with van der Waals surface area (Å²) in [7, 11) is 0. The van der Waals surface area contributed by atoms with Gasteiger partial charge in [-0.15, -0.1) is 17.9 Å². The first-order chi connectivity index (χ1) is 15.0. The summed E-state index contributed by atoms with van der Waals surface area (Å²) in [6.07, 6.45) is 2.90. The lowest BCUT2D eigenvalue weighted by Gasteiger charge is -2.09. The van der Waals surface area contributed by atoms with Gasteiger partial charge in [0.2, 0.25) is 5.89 Å². The van der Waals surface area contributed by atoms with Gasteiger partial charge >= 0.3 is 0 Å². The molecule has 0 aliphatic rings. The van der Waals surface area contributed by atoms with Gasteiger partial charge in [-0.3, -0.25) is 14.2 Å². The van der Waals surface area contributed by atoms with Crippen LogP contribution in [0.15, 0.2) is 62.9 Å². The van der Waals surface area contributed by atoms with Gasteiger partial charge in [0.1, 0.15) is 16.9 Å². The summed E-state index contributed by atoms with van der Waals surface area (Å²) in [5.74, 6) is -0.262. The first-order valence-corrected chi connectivity index (χ1v) is 11.1. The number of thioether (sulfide) groups is 1. The quantitative estimate of drug-likeness (QED) is 0.248. The zero-order chi connectivity index (χ0) is 22.0. The lowest BCUT2D eigenvalue weighted by atomic mass is 10.3. The highest BCUT2D eigenvalue weighted by molar-refractivity contribution is 7.98. The van der Waals surface area contributed by atoms with Crippen molar-refractivity contribution in [3.8, 4) is 0 Å². The van der Waals surface area contributed by atoms with Crippen molar-refractivity contribution in [3.05, 3.63) is 81.9 Å². The number of hydrogen-bond acceptors (Lipinski definition) is 7. The number of anilines is 1. The molecule has 0 saturated heterocycles. The van der Waals surface area contributed by atoms with E-state index in [0.29, 0.717) is 33.5 Å². The first kappa shape index (κ1) is 21.0. The van der Waals surface area contributed by atoms with Crippen molar-refractivity contribution >= 4 is 44.9 Å². The molecule has 10 heteroatoms. The van der Waals surface area contributed by atoms with Crippen LogP contribution in [0.2, 0.25) is 0 Å². The number of hydrogen-bond donors (Lipinski definition) is 1. The molecule has 31 heavy (non-hydrogen) atoms. The fourth-order valence-electron chi connectivity index (χ4n) is 2.88. The molecule has 4 aromatic rings. The maximum absolute atomic E-state index is 13.0. The fourth-order valence-corrected chi connectivity index (χ4v) is 4.70. The number of halogens is 1. The minimum atomic E-state index is -0.469. The number of amides is 1. The van der Waals surface area contributed by atoms with E-state index in [1.165, 1.54) is 53.6 Å². The van der Waals surface area contributed by atoms with Crippen LogP contribution in [-0.2, 0) is 12.3 Å². The Morgan fingerprint density at radius 2 is 2.13 bits per heavy atom. The van der Waals surface area contributed by atoms with Crippen LogP contribution in [0.3, 0.4) is 0 Å². The van der Waals surface area contributed by atoms with Crippen molar-refractivity contribution < 1.29 is 13.6 Å². The van der Waals surface area contributed by atoms with Crippen LogP contribution in [0.5, 0.6) is 0 Å². The van der Waals surface area contributed by atoms with Crippen LogP contribution in [0, 0.1) is 12.7 Å². The zero-order valence-electron chi connectivity index (χ0n) is 16.4. The molecule has 3 heterocycles. The third-order valence-corrected chi connectivity index (χ3v) is 6.32. The van der Waals surface area contributed by atoms with Gasteiger partial charge in [-0.2, -0.15) is 0 Å². The maximum Gasteiger partial charge on any atom is 0.277 e. The van der Waals surface area contributed by atoms with E-state index in [1.54, 1.807) is 10.6 Å². The molecule has 0 fully saturated rings. The molecular formula is C21H17FN4O3S2. The van der Waals surface area contributed by atoms with Gasteiger partial charge in [0.15, 0.2) is 10.9 Å². The van der Waals surface area contributed by atoms with Gasteiger partial charge in [0, 0.05) is 12.2 Å². The van der Waals surface area contributed by atoms with E-state index >= 15 is 0 Å². The van der Waals surface area contributed by atoms with E-state index in [2.05, 4.69) is 21.9 Å². The lowest BCUT2D eigenvalue weighted by molar-refractivity contribution is 0.102. The Morgan fingerprint density at radius 3 is 2.87 bits per heavy atom. The molecule has 1 N–H and O–H groups in total. The zero-order valence-corrected chi connectivity index (χ0v) is 18.1. The normalized spacial score (nSPS) is 11.0. The summed E-state index contributed by atoms with van der Waals surface area (Å²) in [6, 6.07) is 5.42. The number of aromatic nitrogens is 3. The second-order valence-electron chi connectivity index (χ2n) is 6.57. The number of carbonyl (C=O) groups excluding carboxylic acids is 1. The van der Waals surface area contributed by atoms with Crippen LogP contribution in [0.4, 0.5) is 10.1 Å². The van der Waals surface area contributed by atoms with Crippen molar-refractivity contribution in [2.75, 3.05) is 5.32 Å². The molecule has 0 bridgehead atoms. The van der Waals surface area contributed by atoms with Crippen molar-refractivity contribution in [3.63, 3.8) is 0 Å². The Balaban J connectivity index is 1.50. The van der Waals surface area contributed by atoms with Crippen LogP contribution >= 0.6 is 23.1 Å². The van der Waals surface area contributed by atoms with E-state index in [9.17, 15) is 14.0 Å². The lowest BCUT2D eigenvalue weighted by Crippen LogP contribution is -2.22. The average Bonchev–Trinajstić information content (AvgIpc) is 3.37. The van der Waals surface area contributed by atoms with Gasteiger partial charge in [-0.05, 0) is 42.1 Å². The monoisotopic (exact) mass is 456 g/mol. The molecule has 0 atom stereocenters. The van der Waals surface area contributed by atoms with Crippen LogP contribution in [0.1, 0.15) is 21.9 Å². The Labute approximate surface area is 184 Å². The summed E-state index contributed by atoms with van der Waals surface area (Å²) in [6.45, 7) is 5.94. The van der Waals surface area contributed by atoms with Crippen molar-refractivity contribution in [2.45, 2.75) is 24.4 Å². The molecule has 1 aromatic carbocycles. The molecule has 4 rings (SSSR count). The highest BCUT2D eigenvalue weighted by atomic mass is 32.2. The van der Waals surface area contributed by atoms with Crippen LogP contribution < -0.4 is 10.9 Å². The summed E-state index contributed by atoms with van der Waals surface area (Å²) in [5.41, 5.74) is 1.33. The third-order valence-electron chi connectivity index (χ3n) is 4.37. The van der Waals surface area contributed by atoms with E-state index in [0.717, 1.165) is 5.56 Å². The number of nitrogens with one attached hydrogen (secondary N) is 1. The second kappa shape index (κ2) is 8.86. The van der Waals surface area contributed by atoms with Gasteiger partial charge in [-0.1, -0.05) is 17.8 Å². The third kappa shape index (κ3) is 4.44. The molecule has 0 radical (unpaired) electrons. The number of fused-ring (bicyclic) bond motifs is 1. The number of aryl methyl sites for hydroxylation is 1. The topological polar surface area (TPSA) is 90.0 Å².